The van der Waals surface area contributed by atoms with Crippen molar-refractivity contribution < 1.29 is 9.53 Å². The van der Waals surface area contributed by atoms with Crippen molar-refractivity contribution in [1.82, 2.24) is 9.88 Å². The van der Waals surface area contributed by atoms with Gasteiger partial charge in [-0.15, -0.1) is 0 Å². The summed E-state index contributed by atoms with van der Waals surface area (Å²) in [5, 5.41) is 1.64. The Balaban J connectivity index is 1.49. The number of aromatic nitrogens is 1. The van der Waals surface area contributed by atoms with Crippen molar-refractivity contribution in [2.45, 2.75) is 6.92 Å². The Morgan fingerprint density at radius 1 is 0.969 bits per heavy atom. The van der Waals surface area contributed by atoms with Crippen molar-refractivity contribution >= 4 is 34.2 Å². The summed E-state index contributed by atoms with van der Waals surface area (Å²) in [6.07, 6.45) is 1.85. The molecule has 160 valence electrons. The predicted octanol–water partition coefficient (Wildman–Crippen LogP) is 6.53. The van der Waals surface area contributed by atoms with Crippen molar-refractivity contribution in [3.8, 4) is 22.6 Å². The first-order chi connectivity index (χ1) is 15.5. The van der Waals surface area contributed by atoms with E-state index in [9.17, 15) is 4.79 Å². The number of pyridine rings is 1. The van der Waals surface area contributed by atoms with E-state index in [2.05, 4.69) is 11.1 Å². The van der Waals surface area contributed by atoms with Crippen LogP contribution in [0.1, 0.15) is 5.56 Å². The average molecular weight is 444 g/mol. The maximum atomic E-state index is 12.3. The zero-order valence-corrected chi connectivity index (χ0v) is 18.6. The van der Waals surface area contributed by atoms with Crippen LogP contribution in [0.15, 0.2) is 72.9 Å². The Morgan fingerprint density at radius 3 is 2.50 bits per heavy atom. The molecule has 0 N–H and O–H groups in total. The molecule has 4 aromatic rings. The number of nitrogens with zero attached hydrogens (tertiary/aromatic N) is 3. The van der Waals surface area contributed by atoms with Gasteiger partial charge in [-0.25, -0.2) is 4.79 Å². The first-order valence-electron chi connectivity index (χ1n) is 10.5. The number of aryl methyl sites for hydroxylation is 1. The number of fused-ring (bicyclic) bond motifs is 1. The Morgan fingerprint density at radius 2 is 1.72 bits per heavy atom. The minimum atomic E-state index is 0.00264. The summed E-state index contributed by atoms with van der Waals surface area (Å²) in [5.74, 6) is 1.40. The Labute approximate surface area is 191 Å². The lowest BCUT2D eigenvalue weighted by Gasteiger charge is -2.17. The van der Waals surface area contributed by atoms with Crippen LogP contribution in [0.25, 0.3) is 22.0 Å². The normalized spacial score (nSPS) is 13.8. The van der Waals surface area contributed by atoms with Crippen LogP contribution in [0.5, 0.6) is 11.5 Å². The van der Waals surface area contributed by atoms with E-state index in [1.54, 1.807) is 9.80 Å². The summed E-state index contributed by atoms with van der Waals surface area (Å²) in [5.41, 5.74) is 4.80. The molecule has 5 rings (SSSR count). The van der Waals surface area contributed by atoms with Crippen molar-refractivity contribution in [2.75, 3.05) is 25.0 Å². The second-order valence-electron chi connectivity index (χ2n) is 7.94. The predicted molar refractivity (Wildman–Crippen MR) is 129 cm³/mol. The first-order valence-corrected chi connectivity index (χ1v) is 10.8. The molecule has 6 heteroatoms. The number of likely N-dealkylation sites (N-methyl/N-ethyl adjacent to an activating group) is 1. The van der Waals surface area contributed by atoms with E-state index in [4.69, 9.17) is 16.3 Å². The lowest BCUT2D eigenvalue weighted by atomic mass is 9.97. The third-order valence-electron chi connectivity index (χ3n) is 5.74. The van der Waals surface area contributed by atoms with Gasteiger partial charge >= 0.3 is 6.03 Å². The third-order valence-corrected chi connectivity index (χ3v) is 6.05. The number of benzene rings is 3. The largest absolute Gasteiger partial charge is 0.457 e. The monoisotopic (exact) mass is 443 g/mol. The third kappa shape index (κ3) is 3.65. The number of urea groups is 1. The summed E-state index contributed by atoms with van der Waals surface area (Å²) >= 11 is 6.38. The number of para-hydroxylation sites is 1. The summed E-state index contributed by atoms with van der Waals surface area (Å²) in [7, 11) is 1.81. The number of anilines is 1. The van der Waals surface area contributed by atoms with Crippen LogP contribution in [0.2, 0.25) is 5.02 Å². The van der Waals surface area contributed by atoms with Gasteiger partial charge in [0.15, 0.2) is 0 Å². The van der Waals surface area contributed by atoms with Gasteiger partial charge in [0.1, 0.15) is 11.5 Å². The van der Waals surface area contributed by atoms with Gasteiger partial charge in [-0.1, -0.05) is 41.9 Å². The number of hydrogen-bond donors (Lipinski definition) is 0. The van der Waals surface area contributed by atoms with Gasteiger partial charge in [0.05, 0.1) is 10.5 Å². The molecule has 32 heavy (non-hydrogen) atoms. The standard InChI is InChI=1S/C26H22ClN3O2/c1-17-16-28-25-22(10-5-11-23(25)27)24(17)18-6-3-8-20(14-18)32-21-9-4-7-19(15-21)30-13-12-29(2)26(30)31/h3-11,14-16H,12-13H2,1-2H3. The maximum Gasteiger partial charge on any atom is 0.324 e. The second kappa shape index (κ2) is 8.17. The molecule has 5 nitrogen and oxygen atoms in total. The van der Waals surface area contributed by atoms with Crippen LogP contribution in [0.3, 0.4) is 0 Å². The molecule has 2 amide bonds. The number of rotatable bonds is 4. The van der Waals surface area contributed by atoms with Crippen LogP contribution < -0.4 is 9.64 Å². The van der Waals surface area contributed by atoms with Gasteiger partial charge in [0.2, 0.25) is 0 Å². The number of carbonyl (C=O) groups excluding carboxylic acids is 1. The van der Waals surface area contributed by atoms with Crippen LogP contribution in [0.4, 0.5) is 10.5 Å². The van der Waals surface area contributed by atoms with Gasteiger partial charge < -0.3 is 9.64 Å². The van der Waals surface area contributed by atoms with E-state index in [-0.39, 0.29) is 6.03 Å². The molecule has 1 aliphatic heterocycles. The quantitative estimate of drug-likeness (QED) is 0.360. The van der Waals surface area contributed by atoms with Gasteiger partial charge in [-0.2, -0.15) is 0 Å². The minimum absolute atomic E-state index is 0.00264. The molecular formula is C26H22ClN3O2. The zero-order valence-electron chi connectivity index (χ0n) is 17.9. The van der Waals surface area contributed by atoms with E-state index in [1.165, 1.54) is 0 Å². The molecule has 1 saturated heterocycles. The second-order valence-corrected chi connectivity index (χ2v) is 8.34. The van der Waals surface area contributed by atoms with E-state index in [1.807, 2.05) is 80.8 Å². The Bertz CT molecular complexity index is 1340. The molecular weight excluding hydrogens is 422 g/mol. The number of ether oxygens (including phenoxy) is 1. The first kappa shape index (κ1) is 20.3. The minimum Gasteiger partial charge on any atom is -0.457 e. The molecule has 0 aliphatic carbocycles. The van der Waals surface area contributed by atoms with Crippen LogP contribution >= 0.6 is 11.6 Å². The fourth-order valence-electron chi connectivity index (χ4n) is 4.12. The number of amides is 2. The molecule has 0 radical (unpaired) electrons. The molecule has 1 fully saturated rings. The van der Waals surface area contributed by atoms with Crippen molar-refractivity contribution in [1.29, 1.82) is 0 Å². The van der Waals surface area contributed by atoms with Crippen LogP contribution in [-0.2, 0) is 0 Å². The van der Waals surface area contributed by atoms with Crippen LogP contribution in [-0.4, -0.2) is 36.1 Å². The average Bonchev–Trinajstić information content (AvgIpc) is 3.12. The van der Waals surface area contributed by atoms with E-state index >= 15 is 0 Å². The van der Waals surface area contributed by atoms with Crippen molar-refractivity contribution in [3.63, 3.8) is 0 Å². The van der Waals surface area contributed by atoms with E-state index in [0.717, 1.165) is 45.6 Å². The molecule has 2 heterocycles. The Kier molecular flexibility index (Phi) is 5.19. The number of carbonyl (C=O) groups is 1. The molecule has 3 aromatic carbocycles. The zero-order chi connectivity index (χ0) is 22.2. The molecule has 0 unspecified atom stereocenters. The highest BCUT2D eigenvalue weighted by Gasteiger charge is 2.26. The van der Waals surface area contributed by atoms with Crippen molar-refractivity contribution in [3.05, 3.63) is 83.5 Å². The highest BCUT2D eigenvalue weighted by atomic mass is 35.5. The fourth-order valence-corrected chi connectivity index (χ4v) is 4.35. The summed E-state index contributed by atoms with van der Waals surface area (Å²) in [6, 6.07) is 21.4. The molecule has 0 spiro atoms. The van der Waals surface area contributed by atoms with Gasteiger partial charge in [0, 0.05) is 43.5 Å². The van der Waals surface area contributed by atoms with Gasteiger partial charge in [-0.3, -0.25) is 9.88 Å². The fraction of sp³-hybridized carbons (Fsp3) is 0.154. The topological polar surface area (TPSA) is 45.7 Å². The van der Waals surface area contributed by atoms with E-state index in [0.29, 0.717) is 17.3 Å². The smallest absolute Gasteiger partial charge is 0.324 e. The summed E-state index contributed by atoms with van der Waals surface area (Å²) in [4.78, 5) is 20.3. The lowest BCUT2D eigenvalue weighted by Crippen LogP contribution is -2.29. The summed E-state index contributed by atoms with van der Waals surface area (Å²) < 4.78 is 6.19. The van der Waals surface area contributed by atoms with Gasteiger partial charge in [0.25, 0.3) is 0 Å². The number of hydrogen-bond acceptors (Lipinski definition) is 3. The van der Waals surface area contributed by atoms with E-state index < -0.39 is 0 Å². The lowest BCUT2D eigenvalue weighted by molar-refractivity contribution is 0.229. The molecule has 1 aromatic heterocycles. The van der Waals surface area contributed by atoms with Crippen LogP contribution in [0, 0.1) is 6.92 Å². The molecule has 1 aliphatic rings. The van der Waals surface area contributed by atoms with Gasteiger partial charge in [-0.05, 0) is 53.9 Å². The Hall–Kier alpha value is -3.57. The molecule has 0 bridgehead atoms. The highest BCUT2D eigenvalue weighted by Crippen LogP contribution is 2.36. The highest BCUT2D eigenvalue weighted by molar-refractivity contribution is 6.35. The molecule has 0 atom stereocenters. The molecule has 0 saturated carbocycles. The summed E-state index contributed by atoms with van der Waals surface area (Å²) in [6.45, 7) is 3.43. The number of halogens is 1. The maximum absolute atomic E-state index is 12.3. The van der Waals surface area contributed by atoms with Crippen molar-refractivity contribution in [2.24, 2.45) is 0 Å². The SMILES string of the molecule is Cc1cnc2c(Cl)cccc2c1-c1cccc(Oc2cccc(N3CCN(C)C3=O)c2)c1.